The first-order valence-corrected chi connectivity index (χ1v) is 9.49. The van der Waals surface area contributed by atoms with Crippen LogP contribution >= 0.6 is 23.4 Å². The molecule has 0 aliphatic carbocycles. The number of rotatable bonds is 4. The van der Waals surface area contributed by atoms with E-state index in [0.29, 0.717) is 10.2 Å². The molecule has 4 rings (SSSR count). The number of methoxy groups -OCH3 is 1. The van der Waals surface area contributed by atoms with Crippen molar-refractivity contribution in [2.75, 3.05) is 13.4 Å². The maximum Gasteiger partial charge on any atom is 0.187 e. The molecule has 7 heteroatoms. The molecule has 0 spiro atoms. The molecule has 26 heavy (non-hydrogen) atoms. The van der Waals surface area contributed by atoms with E-state index in [0.717, 1.165) is 33.8 Å². The lowest BCUT2D eigenvalue weighted by Crippen LogP contribution is -1.91. The summed E-state index contributed by atoms with van der Waals surface area (Å²) in [5.74, 6) is 0.800. The second kappa shape index (κ2) is 6.97. The van der Waals surface area contributed by atoms with Gasteiger partial charge in [-0.1, -0.05) is 23.4 Å². The number of aromatic nitrogens is 4. The molecule has 3 aromatic heterocycles. The van der Waals surface area contributed by atoms with Crippen LogP contribution in [0, 0.1) is 0 Å². The number of ether oxygens (including phenoxy) is 1. The summed E-state index contributed by atoms with van der Waals surface area (Å²) in [6.07, 6.45) is 5.57. The van der Waals surface area contributed by atoms with Gasteiger partial charge in [-0.25, -0.2) is 14.5 Å². The van der Waals surface area contributed by atoms with Crippen LogP contribution in [-0.4, -0.2) is 32.9 Å². The average molecular weight is 383 g/mol. The van der Waals surface area contributed by atoms with E-state index in [-0.39, 0.29) is 0 Å². The molecule has 0 unspecified atom stereocenters. The summed E-state index contributed by atoms with van der Waals surface area (Å²) in [5.41, 5.74) is 4.45. The molecular formula is C19H15ClN4OS. The monoisotopic (exact) mass is 382 g/mol. The van der Waals surface area contributed by atoms with Gasteiger partial charge in [0.15, 0.2) is 5.16 Å². The number of fused-ring (bicyclic) bond motifs is 1. The van der Waals surface area contributed by atoms with Gasteiger partial charge in [-0.15, -0.1) is 0 Å². The SMILES string of the molecule is COc1ccc(-c2nn3ccc(Cl)cc3c2-c2ccnc(SC)n2)cc1. The minimum Gasteiger partial charge on any atom is -0.497 e. The maximum atomic E-state index is 6.24. The van der Waals surface area contributed by atoms with Crippen LogP contribution in [0.4, 0.5) is 0 Å². The molecule has 0 saturated heterocycles. The van der Waals surface area contributed by atoms with Crippen LogP contribution in [0.25, 0.3) is 28.0 Å². The van der Waals surface area contributed by atoms with Crippen molar-refractivity contribution in [3.05, 3.63) is 59.9 Å². The van der Waals surface area contributed by atoms with Gasteiger partial charge in [0, 0.05) is 23.0 Å². The third-order valence-electron chi connectivity index (χ3n) is 4.03. The zero-order chi connectivity index (χ0) is 18.1. The highest BCUT2D eigenvalue weighted by Gasteiger charge is 2.18. The summed E-state index contributed by atoms with van der Waals surface area (Å²) in [7, 11) is 1.65. The fourth-order valence-corrected chi connectivity index (χ4v) is 3.32. The molecule has 0 radical (unpaired) electrons. The normalized spacial score (nSPS) is 11.0. The highest BCUT2D eigenvalue weighted by Crippen LogP contribution is 2.36. The standard InChI is InChI=1S/C19H15ClN4OS/c1-25-14-5-3-12(4-6-14)18-17(15-7-9-21-19(22-15)26-2)16-11-13(20)8-10-24(16)23-18/h3-11H,1-2H3. The van der Waals surface area contributed by atoms with Gasteiger partial charge in [-0.3, -0.25) is 0 Å². The molecule has 0 atom stereocenters. The van der Waals surface area contributed by atoms with Gasteiger partial charge < -0.3 is 4.74 Å². The van der Waals surface area contributed by atoms with Crippen LogP contribution < -0.4 is 4.74 Å². The Balaban J connectivity index is 1.99. The van der Waals surface area contributed by atoms with E-state index in [4.69, 9.17) is 21.4 Å². The molecule has 130 valence electrons. The third-order valence-corrected chi connectivity index (χ3v) is 4.83. The van der Waals surface area contributed by atoms with Gasteiger partial charge in [0.2, 0.25) is 0 Å². The van der Waals surface area contributed by atoms with Gasteiger partial charge in [0.25, 0.3) is 0 Å². The zero-order valence-electron chi connectivity index (χ0n) is 14.2. The Labute approximate surface area is 160 Å². The Morgan fingerprint density at radius 2 is 1.92 bits per heavy atom. The first-order chi connectivity index (χ1) is 12.7. The zero-order valence-corrected chi connectivity index (χ0v) is 15.8. The Morgan fingerprint density at radius 1 is 1.12 bits per heavy atom. The number of hydrogen-bond donors (Lipinski definition) is 0. The molecule has 0 saturated carbocycles. The molecule has 0 N–H and O–H groups in total. The largest absolute Gasteiger partial charge is 0.497 e. The number of hydrogen-bond acceptors (Lipinski definition) is 5. The van der Waals surface area contributed by atoms with Crippen molar-refractivity contribution in [3.63, 3.8) is 0 Å². The maximum absolute atomic E-state index is 6.24. The number of benzene rings is 1. The first-order valence-electron chi connectivity index (χ1n) is 7.89. The van der Waals surface area contributed by atoms with Crippen molar-refractivity contribution in [2.45, 2.75) is 5.16 Å². The van der Waals surface area contributed by atoms with Crippen molar-refractivity contribution in [2.24, 2.45) is 0 Å². The lowest BCUT2D eigenvalue weighted by Gasteiger charge is -2.05. The average Bonchev–Trinajstić information content (AvgIpc) is 3.06. The van der Waals surface area contributed by atoms with Crippen LogP contribution in [0.15, 0.2) is 60.0 Å². The van der Waals surface area contributed by atoms with Crippen molar-refractivity contribution in [3.8, 4) is 28.3 Å². The molecular weight excluding hydrogens is 368 g/mol. The first kappa shape index (κ1) is 16.9. The second-order valence-electron chi connectivity index (χ2n) is 5.56. The van der Waals surface area contributed by atoms with Gasteiger partial charge in [0.05, 0.1) is 23.9 Å². The van der Waals surface area contributed by atoms with E-state index in [1.807, 2.05) is 59.4 Å². The number of thioether (sulfide) groups is 1. The van der Waals surface area contributed by atoms with E-state index in [2.05, 4.69) is 9.97 Å². The molecule has 5 nitrogen and oxygen atoms in total. The quantitative estimate of drug-likeness (QED) is 0.373. The molecule has 3 heterocycles. The van der Waals surface area contributed by atoms with Crippen molar-refractivity contribution in [1.82, 2.24) is 19.6 Å². The highest BCUT2D eigenvalue weighted by molar-refractivity contribution is 7.98. The highest BCUT2D eigenvalue weighted by atomic mass is 35.5. The lowest BCUT2D eigenvalue weighted by molar-refractivity contribution is 0.415. The fourth-order valence-electron chi connectivity index (χ4n) is 2.80. The van der Waals surface area contributed by atoms with Gasteiger partial charge in [-0.05, 0) is 48.7 Å². The van der Waals surface area contributed by atoms with Crippen molar-refractivity contribution < 1.29 is 4.74 Å². The summed E-state index contributed by atoms with van der Waals surface area (Å²) in [4.78, 5) is 8.94. The van der Waals surface area contributed by atoms with Crippen LogP contribution in [0.2, 0.25) is 5.02 Å². The molecule has 4 aromatic rings. The van der Waals surface area contributed by atoms with Gasteiger partial charge >= 0.3 is 0 Å². The third kappa shape index (κ3) is 3.02. The van der Waals surface area contributed by atoms with E-state index in [1.54, 1.807) is 13.3 Å². The van der Waals surface area contributed by atoms with Crippen molar-refractivity contribution in [1.29, 1.82) is 0 Å². The minimum absolute atomic E-state index is 0.652. The number of halogens is 1. The molecule has 0 bridgehead atoms. The van der Waals surface area contributed by atoms with Gasteiger partial charge in [-0.2, -0.15) is 5.10 Å². The van der Waals surface area contributed by atoms with E-state index in [9.17, 15) is 0 Å². The van der Waals surface area contributed by atoms with Gasteiger partial charge in [0.1, 0.15) is 11.4 Å². The van der Waals surface area contributed by atoms with Crippen LogP contribution in [-0.2, 0) is 0 Å². The van der Waals surface area contributed by atoms with E-state index < -0.39 is 0 Å². The fraction of sp³-hybridized carbons (Fsp3) is 0.105. The molecule has 0 amide bonds. The number of nitrogens with zero attached hydrogens (tertiary/aromatic N) is 4. The van der Waals surface area contributed by atoms with Crippen LogP contribution in [0.1, 0.15) is 0 Å². The molecule has 0 fully saturated rings. The van der Waals surface area contributed by atoms with Crippen LogP contribution in [0.5, 0.6) is 5.75 Å². The molecule has 0 aliphatic rings. The van der Waals surface area contributed by atoms with E-state index >= 15 is 0 Å². The molecule has 0 aliphatic heterocycles. The lowest BCUT2D eigenvalue weighted by atomic mass is 10.0. The van der Waals surface area contributed by atoms with E-state index in [1.165, 1.54) is 11.8 Å². The molecule has 1 aromatic carbocycles. The summed E-state index contributed by atoms with van der Waals surface area (Å²) in [6, 6.07) is 13.4. The second-order valence-corrected chi connectivity index (χ2v) is 6.77. The predicted octanol–water partition coefficient (Wildman–Crippen LogP) is 4.84. The Bertz CT molecular complexity index is 1080. The topological polar surface area (TPSA) is 52.3 Å². The summed E-state index contributed by atoms with van der Waals surface area (Å²) >= 11 is 7.74. The van der Waals surface area contributed by atoms with Crippen LogP contribution in [0.3, 0.4) is 0 Å². The summed E-state index contributed by atoms with van der Waals surface area (Å²) in [6.45, 7) is 0. The Morgan fingerprint density at radius 3 is 2.65 bits per heavy atom. The number of pyridine rings is 1. The Hall–Kier alpha value is -2.57. The summed E-state index contributed by atoms with van der Waals surface area (Å²) in [5, 5.41) is 6.13. The minimum atomic E-state index is 0.652. The summed E-state index contributed by atoms with van der Waals surface area (Å²) < 4.78 is 7.08. The Kier molecular flexibility index (Phi) is 4.53. The van der Waals surface area contributed by atoms with Crippen molar-refractivity contribution >= 4 is 28.9 Å². The smallest absolute Gasteiger partial charge is 0.187 e. The predicted molar refractivity (Wildman–Crippen MR) is 105 cm³/mol.